The van der Waals surface area contributed by atoms with E-state index < -0.39 is 32.7 Å². The first-order valence-corrected chi connectivity index (χ1v) is 18.2. The van der Waals surface area contributed by atoms with E-state index in [0.29, 0.717) is 32.8 Å². The van der Waals surface area contributed by atoms with Gasteiger partial charge in [0.15, 0.2) is 0 Å². The van der Waals surface area contributed by atoms with E-state index in [2.05, 4.69) is 100 Å². The van der Waals surface area contributed by atoms with Gasteiger partial charge in [-0.15, -0.1) is 6.58 Å². The Kier molecular flexibility index (Phi) is 11.8. The van der Waals surface area contributed by atoms with E-state index in [0.717, 1.165) is 11.1 Å². The zero-order valence-electron chi connectivity index (χ0n) is 27.3. The highest BCUT2D eigenvalue weighted by Crippen LogP contribution is 2.39. The predicted molar refractivity (Wildman–Crippen MR) is 188 cm³/mol. The summed E-state index contributed by atoms with van der Waals surface area (Å²) < 4.78 is 26.9. The van der Waals surface area contributed by atoms with Crippen LogP contribution in [-0.4, -0.2) is 51.1 Å². The lowest BCUT2D eigenvalue weighted by molar-refractivity contribution is -0.212. The number of rotatable bonds is 14. The van der Waals surface area contributed by atoms with Crippen LogP contribution in [0.1, 0.15) is 38.3 Å². The van der Waals surface area contributed by atoms with E-state index >= 15 is 0 Å². The van der Waals surface area contributed by atoms with Crippen molar-refractivity contribution < 1.29 is 23.7 Å². The zero-order valence-corrected chi connectivity index (χ0v) is 28.3. The van der Waals surface area contributed by atoms with Crippen molar-refractivity contribution in [3.63, 3.8) is 0 Å². The van der Waals surface area contributed by atoms with Gasteiger partial charge in [0.1, 0.15) is 12.2 Å². The molecule has 4 aromatic carbocycles. The van der Waals surface area contributed by atoms with Gasteiger partial charge in [0.25, 0.3) is 8.32 Å². The quantitative estimate of drug-likeness (QED) is 0.124. The molecular weight excluding hydrogens is 589 g/mol. The molecule has 0 unspecified atom stereocenters. The zero-order chi connectivity index (χ0) is 32.4. The summed E-state index contributed by atoms with van der Waals surface area (Å²) >= 11 is 0. The van der Waals surface area contributed by atoms with E-state index in [-0.39, 0.29) is 11.0 Å². The second-order valence-corrected chi connectivity index (χ2v) is 17.4. The normalized spacial score (nSPS) is 22.0. The molecule has 5 rings (SSSR count). The predicted octanol–water partition coefficient (Wildman–Crippen LogP) is 6.69. The lowest BCUT2D eigenvalue weighted by Gasteiger charge is -2.47. The highest BCUT2D eigenvalue weighted by molar-refractivity contribution is 6.99. The van der Waals surface area contributed by atoms with Crippen molar-refractivity contribution in [2.45, 2.75) is 69.9 Å². The first-order chi connectivity index (χ1) is 22.3. The van der Waals surface area contributed by atoms with Crippen LogP contribution >= 0.6 is 0 Å². The first-order valence-electron chi connectivity index (χ1n) is 16.3. The summed E-state index contributed by atoms with van der Waals surface area (Å²) in [5.74, 6) is -0.107. The minimum Gasteiger partial charge on any atom is -0.407 e. The molecule has 1 fully saturated rings. The molecule has 242 valence electrons. The fourth-order valence-corrected chi connectivity index (χ4v) is 11.3. The molecule has 0 saturated heterocycles. The molecular formula is C40H48O5Si. The molecule has 0 bridgehead atoms. The van der Waals surface area contributed by atoms with Crippen molar-refractivity contribution in [2.24, 2.45) is 5.92 Å². The minimum absolute atomic E-state index is 0.107. The number of aliphatic hydroxyl groups is 1. The van der Waals surface area contributed by atoms with Crippen LogP contribution in [0.5, 0.6) is 0 Å². The molecule has 46 heavy (non-hydrogen) atoms. The molecule has 0 aliphatic heterocycles. The molecule has 0 aromatic heterocycles. The Morgan fingerprint density at radius 3 is 1.61 bits per heavy atom. The third-order valence-corrected chi connectivity index (χ3v) is 14.0. The maximum atomic E-state index is 11.7. The lowest BCUT2D eigenvalue weighted by Crippen LogP contribution is -2.67. The summed E-state index contributed by atoms with van der Waals surface area (Å²) in [7, 11) is -2.82. The first kappa shape index (κ1) is 34.0. The summed E-state index contributed by atoms with van der Waals surface area (Å²) in [6.45, 7) is 12.2. The van der Waals surface area contributed by atoms with Crippen LogP contribution in [0.2, 0.25) is 5.04 Å². The maximum absolute atomic E-state index is 11.7. The fraction of sp³-hybridized carbons (Fsp3) is 0.350. The van der Waals surface area contributed by atoms with Gasteiger partial charge >= 0.3 is 0 Å². The molecule has 0 radical (unpaired) electrons. The van der Waals surface area contributed by atoms with Crippen LogP contribution in [0, 0.1) is 5.92 Å². The van der Waals surface area contributed by atoms with Crippen LogP contribution < -0.4 is 10.4 Å². The molecule has 1 aliphatic rings. The fourth-order valence-electron chi connectivity index (χ4n) is 6.72. The Hall–Kier alpha value is -3.36. The van der Waals surface area contributed by atoms with Gasteiger partial charge in [-0.1, -0.05) is 148 Å². The smallest absolute Gasteiger partial charge is 0.261 e. The van der Waals surface area contributed by atoms with Gasteiger partial charge in [-0.25, -0.2) is 0 Å². The minimum atomic E-state index is -2.82. The summed E-state index contributed by atoms with van der Waals surface area (Å²) in [6, 6.07) is 41.5. The number of hydrogen-bond donors (Lipinski definition) is 1. The molecule has 6 heteroatoms. The van der Waals surface area contributed by atoms with Crippen molar-refractivity contribution in [1.82, 2.24) is 0 Å². The Bertz CT molecular complexity index is 1420. The molecule has 4 aromatic rings. The highest BCUT2D eigenvalue weighted by Gasteiger charge is 2.52. The van der Waals surface area contributed by atoms with Crippen molar-refractivity contribution in [3.05, 3.63) is 145 Å². The molecule has 0 heterocycles. The Morgan fingerprint density at radius 1 is 0.696 bits per heavy atom. The maximum Gasteiger partial charge on any atom is 0.261 e. The largest absolute Gasteiger partial charge is 0.407 e. The number of aliphatic hydroxyl groups excluding tert-OH is 1. The van der Waals surface area contributed by atoms with Crippen LogP contribution in [0.15, 0.2) is 134 Å². The van der Waals surface area contributed by atoms with E-state index in [9.17, 15) is 5.11 Å². The molecule has 0 spiro atoms. The van der Waals surface area contributed by atoms with Crippen molar-refractivity contribution in [3.8, 4) is 0 Å². The molecule has 1 N–H and O–H groups in total. The third kappa shape index (κ3) is 7.95. The second kappa shape index (κ2) is 16.0. The van der Waals surface area contributed by atoms with Crippen LogP contribution in [0.4, 0.5) is 0 Å². The van der Waals surface area contributed by atoms with Crippen LogP contribution in [0.3, 0.4) is 0 Å². The topological polar surface area (TPSA) is 57.2 Å². The average Bonchev–Trinajstić information content (AvgIpc) is 3.08. The van der Waals surface area contributed by atoms with Crippen molar-refractivity contribution in [1.29, 1.82) is 0 Å². The highest BCUT2D eigenvalue weighted by atomic mass is 28.4. The van der Waals surface area contributed by atoms with E-state index in [1.165, 1.54) is 10.4 Å². The summed E-state index contributed by atoms with van der Waals surface area (Å²) in [5.41, 5.74) is 2.10. The Balaban J connectivity index is 1.52. The van der Waals surface area contributed by atoms with Crippen molar-refractivity contribution >= 4 is 18.7 Å². The SMILES string of the molecule is C=CCO[C@H]1C[C@H](CO[Si](c2ccccc2)(c2ccccc2)C(C)(C)C)[C@H](OCc2ccccc2)[C@@H](OCc2ccccc2)[C@@H]1O. The monoisotopic (exact) mass is 636 g/mol. The second-order valence-electron chi connectivity index (χ2n) is 13.1. The molecule has 0 amide bonds. The Morgan fingerprint density at radius 2 is 1.15 bits per heavy atom. The van der Waals surface area contributed by atoms with Gasteiger partial charge in [-0.05, 0) is 33.0 Å². The number of benzene rings is 4. The lowest BCUT2D eigenvalue weighted by atomic mass is 9.80. The molecule has 5 nitrogen and oxygen atoms in total. The van der Waals surface area contributed by atoms with Crippen LogP contribution in [0.25, 0.3) is 0 Å². The van der Waals surface area contributed by atoms with Crippen LogP contribution in [-0.2, 0) is 31.9 Å². The Labute approximate surface area is 275 Å². The molecule has 5 atom stereocenters. The van der Waals surface area contributed by atoms with E-state index in [4.69, 9.17) is 18.6 Å². The summed E-state index contributed by atoms with van der Waals surface area (Å²) in [6.07, 6.45) is -0.103. The van der Waals surface area contributed by atoms with Crippen molar-refractivity contribution in [2.75, 3.05) is 13.2 Å². The summed E-state index contributed by atoms with van der Waals surface area (Å²) in [5, 5.41) is 14.0. The van der Waals surface area contributed by atoms with E-state index in [1.807, 2.05) is 48.5 Å². The van der Waals surface area contributed by atoms with Gasteiger partial charge in [0.2, 0.25) is 0 Å². The van der Waals surface area contributed by atoms with Gasteiger partial charge in [-0.3, -0.25) is 0 Å². The average molecular weight is 637 g/mol. The third-order valence-electron chi connectivity index (χ3n) is 8.97. The number of ether oxygens (including phenoxy) is 3. The van der Waals surface area contributed by atoms with Gasteiger partial charge in [-0.2, -0.15) is 0 Å². The number of hydrogen-bond acceptors (Lipinski definition) is 5. The van der Waals surface area contributed by atoms with Gasteiger partial charge in [0, 0.05) is 12.5 Å². The standard InChI is InChI=1S/C40H48O5Si/c1-5-26-42-36-27-33(30-45-46(40(2,3)4,34-22-14-8-15-23-34)35-24-16-9-17-25-35)38(43-28-31-18-10-6-11-19-31)39(37(36)41)44-29-32-20-12-7-13-21-32/h5-25,33,36-39,41H,1,26-30H2,2-4H3/t33-,36+,37-,38+,39+/m1/s1. The molecule has 1 aliphatic carbocycles. The summed E-state index contributed by atoms with van der Waals surface area (Å²) in [4.78, 5) is 0. The van der Waals surface area contributed by atoms with E-state index in [1.54, 1.807) is 6.08 Å². The van der Waals surface area contributed by atoms with Gasteiger partial charge in [0.05, 0.1) is 32.0 Å². The van der Waals surface area contributed by atoms with Gasteiger partial charge < -0.3 is 23.7 Å². The molecule has 1 saturated carbocycles.